The Balaban J connectivity index is 1.55. The van der Waals surface area contributed by atoms with Gasteiger partial charge in [0.2, 0.25) is 0 Å². The summed E-state index contributed by atoms with van der Waals surface area (Å²) in [5.74, 6) is 0.961. The molecule has 1 atom stereocenters. The van der Waals surface area contributed by atoms with Crippen LogP contribution in [0.2, 0.25) is 0 Å². The van der Waals surface area contributed by atoms with Gasteiger partial charge in [-0.2, -0.15) is 0 Å². The Kier molecular flexibility index (Phi) is 5.51. The Bertz CT molecular complexity index is 1010. The largest absolute Gasteiger partial charge is 0.496 e. The number of rotatable bonds is 4. The highest BCUT2D eigenvalue weighted by Crippen LogP contribution is 2.29. The van der Waals surface area contributed by atoms with Gasteiger partial charge in [-0.3, -0.25) is 4.79 Å². The lowest BCUT2D eigenvalue weighted by atomic mass is 9.94. The molecule has 0 N–H and O–H groups in total. The van der Waals surface area contributed by atoms with E-state index in [0.29, 0.717) is 30.2 Å². The van der Waals surface area contributed by atoms with Crippen molar-refractivity contribution in [1.29, 1.82) is 0 Å². The first-order valence-corrected chi connectivity index (χ1v) is 9.67. The van der Waals surface area contributed by atoms with E-state index in [9.17, 15) is 9.18 Å². The Morgan fingerprint density at radius 2 is 1.93 bits per heavy atom. The van der Waals surface area contributed by atoms with Crippen LogP contribution < -0.4 is 4.74 Å². The quantitative estimate of drug-likeness (QED) is 0.665. The van der Waals surface area contributed by atoms with E-state index in [-0.39, 0.29) is 17.6 Å². The molecule has 1 aliphatic heterocycles. The van der Waals surface area contributed by atoms with Crippen molar-refractivity contribution in [2.24, 2.45) is 0 Å². The molecule has 0 radical (unpaired) electrons. The van der Waals surface area contributed by atoms with Crippen molar-refractivity contribution in [3.63, 3.8) is 0 Å². The SMILES string of the molecule is COc1ccccc1C(=O)N1CCC[C@H](c2ccnc(-c3ccc(F)cc3)n2)C1. The maximum absolute atomic E-state index is 13.2. The molecule has 1 saturated heterocycles. The van der Waals surface area contributed by atoms with Crippen LogP contribution in [0.25, 0.3) is 11.4 Å². The van der Waals surface area contributed by atoms with Crippen molar-refractivity contribution in [3.8, 4) is 17.1 Å². The lowest BCUT2D eigenvalue weighted by molar-refractivity contribution is 0.0702. The van der Waals surface area contributed by atoms with Gasteiger partial charge in [0, 0.05) is 36.5 Å². The molecular formula is C23H22FN3O2. The van der Waals surface area contributed by atoms with E-state index >= 15 is 0 Å². The smallest absolute Gasteiger partial charge is 0.257 e. The van der Waals surface area contributed by atoms with Crippen LogP contribution in [0.1, 0.15) is 34.8 Å². The summed E-state index contributed by atoms with van der Waals surface area (Å²) in [6, 6.07) is 15.3. The number of aromatic nitrogens is 2. The Hall–Kier alpha value is -3.28. The molecule has 29 heavy (non-hydrogen) atoms. The summed E-state index contributed by atoms with van der Waals surface area (Å²) in [5, 5.41) is 0. The van der Waals surface area contributed by atoms with Crippen LogP contribution in [-0.4, -0.2) is 41.0 Å². The maximum Gasteiger partial charge on any atom is 0.257 e. The molecule has 0 saturated carbocycles. The summed E-state index contributed by atoms with van der Waals surface area (Å²) in [6.45, 7) is 1.31. The van der Waals surface area contributed by atoms with Gasteiger partial charge < -0.3 is 9.64 Å². The van der Waals surface area contributed by atoms with Crippen LogP contribution in [0.4, 0.5) is 4.39 Å². The molecule has 5 nitrogen and oxygen atoms in total. The van der Waals surface area contributed by atoms with E-state index in [1.807, 2.05) is 23.1 Å². The number of carbonyl (C=O) groups is 1. The van der Waals surface area contributed by atoms with E-state index in [1.165, 1.54) is 12.1 Å². The fourth-order valence-electron chi connectivity index (χ4n) is 3.73. The minimum atomic E-state index is -0.289. The number of methoxy groups -OCH3 is 1. The summed E-state index contributed by atoms with van der Waals surface area (Å²) in [7, 11) is 1.57. The van der Waals surface area contributed by atoms with Crippen LogP contribution in [0.15, 0.2) is 60.8 Å². The lowest BCUT2D eigenvalue weighted by Crippen LogP contribution is -2.39. The second-order valence-electron chi connectivity index (χ2n) is 7.10. The number of para-hydroxylation sites is 1. The highest BCUT2D eigenvalue weighted by atomic mass is 19.1. The molecule has 0 aliphatic carbocycles. The average molecular weight is 391 g/mol. The fraction of sp³-hybridized carbons (Fsp3) is 0.261. The molecule has 1 fully saturated rings. The summed E-state index contributed by atoms with van der Waals surface area (Å²) < 4.78 is 18.5. The van der Waals surface area contributed by atoms with Crippen molar-refractivity contribution < 1.29 is 13.9 Å². The highest BCUT2D eigenvalue weighted by Gasteiger charge is 2.28. The van der Waals surface area contributed by atoms with Crippen LogP contribution in [0, 0.1) is 5.82 Å². The second kappa shape index (κ2) is 8.39. The molecule has 1 aromatic heterocycles. The van der Waals surface area contributed by atoms with Gasteiger partial charge in [-0.05, 0) is 55.3 Å². The third-order valence-corrected chi connectivity index (χ3v) is 5.24. The van der Waals surface area contributed by atoms with Gasteiger partial charge in [0.1, 0.15) is 11.6 Å². The number of halogens is 1. The van der Waals surface area contributed by atoms with Gasteiger partial charge in [-0.25, -0.2) is 14.4 Å². The van der Waals surface area contributed by atoms with Crippen molar-refractivity contribution >= 4 is 5.91 Å². The third kappa shape index (κ3) is 4.11. The zero-order chi connectivity index (χ0) is 20.2. The summed E-state index contributed by atoms with van der Waals surface area (Å²) >= 11 is 0. The van der Waals surface area contributed by atoms with Crippen LogP contribution in [-0.2, 0) is 0 Å². The van der Waals surface area contributed by atoms with E-state index in [4.69, 9.17) is 9.72 Å². The molecule has 4 rings (SSSR count). The normalized spacial score (nSPS) is 16.5. The molecule has 1 amide bonds. The molecule has 2 heterocycles. The van der Waals surface area contributed by atoms with Crippen molar-refractivity contribution in [3.05, 3.63) is 77.9 Å². The molecule has 0 spiro atoms. The maximum atomic E-state index is 13.2. The molecule has 2 aromatic carbocycles. The number of likely N-dealkylation sites (tertiary alicyclic amines) is 1. The predicted molar refractivity (Wildman–Crippen MR) is 108 cm³/mol. The summed E-state index contributed by atoms with van der Waals surface area (Å²) in [6.07, 6.45) is 3.58. The number of benzene rings is 2. The molecule has 6 heteroatoms. The molecule has 0 unspecified atom stereocenters. The van der Waals surface area contributed by atoms with Crippen molar-refractivity contribution in [2.45, 2.75) is 18.8 Å². The Morgan fingerprint density at radius 3 is 2.72 bits per heavy atom. The number of piperidine rings is 1. The zero-order valence-corrected chi connectivity index (χ0v) is 16.2. The van der Waals surface area contributed by atoms with E-state index in [0.717, 1.165) is 24.1 Å². The number of ether oxygens (including phenoxy) is 1. The fourth-order valence-corrected chi connectivity index (χ4v) is 3.73. The van der Waals surface area contributed by atoms with Gasteiger partial charge in [0.25, 0.3) is 5.91 Å². The Morgan fingerprint density at radius 1 is 1.14 bits per heavy atom. The van der Waals surface area contributed by atoms with Crippen LogP contribution >= 0.6 is 0 Å². The summed E-state index contributed by atoms with van der Waals surface area (Å²) in [4.78, 5) is 23.9. The number of amides is 1. The molecule has 3 aromatic rings. The van der Waals surface area contributed by atoms with Crippen molar-refractivity contribution in [1.82, 2.24) is 14.9 Å². The first-order valence-electron chi connectivity index (χ1n) is 9.67. The monoisotopic (exact) mass is 391 g/mol. The number of carbonyl (C=O) groups excluding carboxylic acids is 1. The molecule has 1 aliphatic rings. The van der Waals surface area contributed by atoms with E-state index < -0.39 is 0 Å². The van der Waals surface area contributed by atoms with Gasteiger partial charge in [0.15, 0.2) is 5.82 Å². The number of hydrogen-bond donors (Lipinski definition) is 0. The minimum absolute atomic E-state index is 0.0278. The molecule has 0 bridgehead atoms. The van der Waals surface area contributed by atoms with Crippen molar-refractivity contribution in [2.75, 3.05) is 20.2 Å². The highest BCUT2D eigenvalue weighted by molar-refractivity contribution is 5.97. The average Bonchev–Trinajstić information content (AvgIpc) is 2.79. The van der Waals surface area contributed by atoms with E-state index in [1.54, 1.807) is 37.6 Å². The lowest BCUT2D eigenvalue weighted by Gasteiger charge is -2.33. The van der Waals surface area contributed by atoms with Crippen LogP contribution in [0.3, 0.4) is 0 Å². The number of nitrogens with zero attached hydrogens (tertiary/aromatic N) is 3. The zero-order valence-electron chi connectivity index (χ0n) is 16.2. The minimum Gasteiger partial charge on any atom is -0.496 e. The first kappa shape index (κ1) is 19.1. The predicted octanol–water partition coefficient (Wildman–Crippen LogP) is 4.31. The van der Waals surface area contributed by atoms with Gasteiger partial charge >= 0.3 is 0 Å². The van der Waals surface area contributed by atoms with Gasteiger partial charge in [-0.15, -0.1) is 0 Å². The third-order valence-electron chi connectivity index (χ3n) is 5.24. The Labute approximate surface area is 169 Å². The standard InChI is InChI=1S/C23H22FN3O2/c1-29-21-7-3-2-6-19(21)23(28)27-14-4-5-17(15-27)20-12-13-25-22(26-20)16-8-10-18(24)11-9-16/h2-3,6-13,17H,4-5,14-15H2,1H3/t17-/m0/s1. The molecular weight excluding hydrogens is 369 g/mol. The van der Waals surface area contributed by atoms with Crippen LogP contribution in [0.5, 0.6) is 5.75 Å². The second-order valence-corrected chi connectivity index (χ2v) is 7.10. The summed E-state index contributed by atoms with van der Waals surface area (Å²) in [5.41, 5.74) is 2.24. The molecule has 148 valence electrons. The van der Waals surface area contributed by atoms with E-state index in [2.05, 4.69) is 4.98 Å². The van der Waals surface area contributed by atoms with Gasteiger partial charge in [0.05, 0.1) is 12.7 Å². The number of hydrogen-bond acceptors (Lipinski definition) is 4. The first-order chi connectivity index (χ1) is 14.2. The topological polar surface area (TPSA) is 55.3 Å². The van der Waals surface area contributed by atoms with Gasteiger partial charge in [-0.1, -0.05) is 12.1 Å².